The second-order valence-corrected chi connectivity index (χ2v) is 32.8. The summed E-state index contributed by atoms with van der Waals surface area (Å²) in [5.74, 6) is 3.68. The number of nitrogen functional groups attached to an aromatic ring is 4. The number of likely N-dealkylation sites (N-methyl/N-ethyl adjacent to an activating group) is 1. The van der Waals surface area contributed by atoms with Crippen LogP contribution in [-0.2, 0) is 25.9 Å². The maximum absolute atomic E-state index is 12.7. The Morgan fingerprint density at radius 1 is 0.468 bits per heavy atom. The van der Waals surface area contributed by atoms with E-state index in [1.54, 1.807) is 86.7 Å². The van der Waals surface area contributed by atoms with Crippen LogP contribution in [0.4, 0.5) is 33.8 Å². The SMILES string of the molecule is CC(C)NC(=O)N(C)c1ccc(Oc2ncc(C(=O)NCc3ccc4c(N)nccc4c3)cc2Cl)cc1.CN(C)CCOc1ncc(C(=O)NCc2ccc3c(N)nccc3c2)cc1Cl.CN1CCC(COc2ncc(C(=O)CCc3ccc4c(N)nccc4c3)cc2Cl)CC1.Nc1nccc2cc(CCC(=O)c3cnc(OCCN4CCCC4)c(Cl)c3)ccc12. The number of ether oxygens (including phenoxy) is 4. The molecule has 0 atom stereocenters. The van der Waals surface area contributed by atoms with E-state index in [2.05, 4.69) is 72.7 Å². The molecule has 2 aliphatic rings. The molecule has 654 valence electrons. The Morgan fingerprint density at radius 3 is 1.28 bits per heavy atom. The number of hydrogen-bond donors (Lipinski definition) is 7. The topological polar surface area (TPSA) is 379 Å². The molecule has 4 amide bonds. The van der Waals surface area contributed by atoms with Gasteiger partial charge in [0.15, 0.2) is 11.6 Å². The predicted octanol–water partition coefficient (Wildman–Crippen LogP) is 16.4. The van der Waals surface area contributed by atoms with Crippen molar-refractivity contribution in [1.29, 1.82) is 0 Å². The number of Topliss-reactive ketones (excluding diaryl/α,β-unsaturated/α-hetero) is 2. The molecule has 11 N–H and O–H groups in total. The Balaban J connectivity index is 0.000000154. The van der Waals surface area contributed by atoms with Crippen molar-refractivity contribution in [3.05, 3.63) is 260 Å². The number of nitrogens with one attached hydrogen (secondary N) is 3. The van der Waals surface area contributed by atoms with Gasteiger partial charge in [0.2, 0.25) is 23.5 Å². The first-order chi connectivity index (χ1) is 60.7. The van der Waals surface area contributed by atoms with E-state index in [9.17, 15) is 24.0 Å². The molecule has 32 heteroatoms. The summed E-state index contributed by atoms with van der Waals surface area (Å²) in [6, 6.07) is 44.2. The van der Waals surface area contributed by atoms with Gasteiger partial charge < -0.3 is 67.6 Å². The van der Waals surface area contributed by atoms with Crippen LogP contribution in [0.3, 0.4) is 0 Å². The predicted molar refractivity (Wildman–Crippen MR) is 499 cm³/mol. The van der Waals surface area contributed by atoms with Crippen molar-refractivity contribution in [2.24, 2.45) is 5.92 Å². The standard InChI is InChI=1S/C27H27ClN6O3.C24H27ClN4O2.C23H25ClN4O2.C20H22ClN5O2/c1-16(2)33-27(36)34(3)20-5-7-21(8-6-20)37-26-23(28)13-19(15-32-26)25(35)31-14-17-4-9-22-18(12-17)10-11-30-24(22)29;1-29-10-7-17(8-11-29)15-31-24-21(25)13-19(14-28-24)22(30)5-3-16-2-4-20-18(12-16)6-9-27-23(20)26;24-20-14-18(15-27-23(20)30-12-11-28-9-1-2-10-28)21(29)6-4-16-3-5-19-17(13-16)7-8-26-22(19)25;1-26(2)7-8-28-20-17(21)10-15(12-25-20)19(27)24-11-13-3-4-16-14(9-13)5-6-23-18(16)22/h4-13,15-16H,14H2,1-3H3,(H2,29,30)(H,31,35)(H,33,36);2,4,6,9,12-14,17H,3,5,7-8,10-11,15H2,1H3,(H2,26,27);3,5,7-8,13-15H,1-2,4,6,9-12H2,(H2,25,26);3-6,9-10,12H,7-8,11H2,1-2H3,(H2,22,23)(H,24,27). The summed E-state index contributed by atoms with van der Waals surface area (Å²) in [6.07, 6.45) is 19.4. The molecule has 2 saturated heterocycles. The van der Waals surface area contributed by atoms with Crippen LogP contribution >= 0.6 is 46.4 Å². The van der Waals surface area contributed by atoms with Crippen LogP contribution in [0.5, 0.6) is 29.3 Å². The Hall–Kier alpha value is -12.7. The molecule has 2 aliphatic heterocycles. The normalized spacial score (nSPS) is 12.8. The number of likely N-dealkylation sites (tertiary alicyclic amines) is 2. The number of nitrogens with zero attached hydrogens (tertiary/aromatic N) is 12. The highest BCUT2D eigenvalue weighted by molar-refractivity contribution is 6.33. The fraction of sp³-hybridized carbons (Fsp3) is 0.287. The quantitative estimate of drug-likeness (QED) is 0.0214. The molecule has 28 nitrogen and oxygen atoms in total. The maximum atomic E-state index is 12.7. The van der Waals surface area contributed by atoms with Crippen molar-refractivity contribution in [3.8, 4) is 29.3 Å². The van der Waals surface area contributed by atoms with Crippen molar-refractivity contribution < 1.29 is 42.9 Å². The van der Waals surface area contributed by atoms with Gasteiger partial charge in [0.05, 0.1) is 17.7 Å². The van der Waals surface area contributed by atoms with E-state index >= 15 is 0 Å². The summed E-state index contributed by atoms with van der Waals surface area (Å²) in [5.41, 5.74) is 30.0. The third-order valence-electron chi connectivity index (χ3n) is 21.1. The molecule has 0 saturated carbocycles. The molecule has 126 heavy (non-hydrogen) atoms. The molecule has 8 aromatic heterocycles. The number of ketones is 2. The first-order valence-corrected chi connectivity index (χ1v) is 42.8. The zero-order chi connectivity index (χ0) is 89.3. The molecule has 0 unspecified atom stereocenters. The minimum absolute atomic E-state index is 0.00218. The Bertz CT molecular complexity index is 6000. The number of urea groups is 1. The summed E-state index contributed by atoms with van der Waals surface area (Å²) in [7, 11) is 7.72. The van der Waals surface area contributed by atoms with E-state index in [-0.39, 0.29) is 46.4 Å². The van der Waals surface area contributed by atoms with E-state index in [1.807, 2.05) is 130 Å². The number of aromatic nitrogens is 8. The van der Waals surface area contributed by atoms with Gasteiger partial charge >= 0.3 is 6.03 Å². The first-order valence-electron chi connectivity index (χ1n) is 41.3. The number of amides is 4. The Kier molecular flexibility index (Phi) is 32.9. The largest absolute Gasteiger partial charge is 0.476 e. The summed E-state index contributed by atoms with van der Waals surface area (Å²) in [4.78, 5) is 104. The molecule has 2 fully saturated rings. The fourth-order valence-corrected chi connectivity index (χ4v) is 14.8. The number of piperidine rings is 1. The van der Waals surface area contributed by atoms with Crippen LogP contribution in [0.15, 0.2) is 195 Å². The molecule has 0 spiro atoms. The number of halogens is 4. The van der Waals surface area contributed by atoms with Crippen molar-refractivity contribution in [1.82, 2.24) is 70.5 Å². The highest BCUT2D eigenvalue weighted by Crippen LogP contribution is 2.33. The maximum Gasteiger partial charge on any atom is 0.321 e. The molecule has 0 bridgehead atoms. The van der Waals surface area contributed by atoms with Crippen LogP contribution in [0.2, 0.25) is 20.1 Å². The van der Waals surface area contributed by atoms with Gasteiger partial charge in [-0.1, -0.05) is 107 Å². The van der Waals surface area contributed by atoms with Crippen LogP contribution in [0.1, 0.15) is 116 Å². The van der Waals surface area contributed by atoms with E-state index in [1.165, 1.54) is 36.2 Å². The number of pyridine rings is 8. The zero-order valence-corrected chi connectivity index (χ0v) is 74.0. The Morgan fingerprint density at radius 2 is 0.857 bits per heavy atom. The number of rotatable bonds is 29. The van der Waals surface area contributed by atoms with Crippen LogP contribution in [0.25, 0.3) is 43.1 Å². The van der Waals surface area contributed by atoms with Gasteiger partial charge in [0, 0.05) is 140 Å². The van der Waals surface area contributed by atoms with Gasteiger partial charge in [0.1, 0.15) is 62.3 Å². The molecule has 10 heterocycles. The number of carbonyl (C=O) groups excluding carboxylic acids is 5. The van der Waals surface area contributed by atoms with Crippen molar-refractivity contribution >= 4 is 148 Å². The van der Waals surface area contributed by atoms with Crippen molar-refractivity contribution in [2.75, 3.05) is 115 Å². The number of carbonyl (C=O) groups is 5. The van der Waals surface area contributed by atoms with Crippen molar-refractivity contribution in [3.63, 3.8) is 0 Å². The van der Waals surface area contributed by atoms with Crippen LogP contribution < -0.4 is 62.7 Å². The van der Waals surface area contributed by atoms with E-state index in [0.717, 1.165) is 117 Å². The number of anilines is 5. The van der Waals surface area contributed by atoms with Gasteiger partial charge in [-0.3, -0.25) is 29.0 Å². The highest BCUT2D eigenvalue weighted by atomic mass is 35.5. The lowest BCUT2D eigenvalue weighted by Crippen LogP contribution is -2.40. The average molecular weight is 1780 g/mol. The summed E-state index contributed by atoms with van der Waals surface area (Å²) < 4.78 is 22.8. The molecule has 15 rings (SSSR count). The van der Waals surface area contributed by atoms with Gasteiger partial charge in [-0.05, 0) is 234 Å². The molecular weight excluding hydrogens is 1680 g/mol. The lowest BCUT2D eigenvalue weighted by Gasteiger charge is -2.28. The van der Waals surface area contributed by atoms with Crippen molar-refractivity contribution in [2.45, 2.75) is 84.3 Å². The number of nitrogens with two attached hydrogens (primary N) is 4. The highest BCUT2D eigenvalue weighted by Gasteiger charge is 2.22. The number of hydrogen-bond acceptors (Lipinski definition) is 24. The number of aryl methyl sites for hydroxylation is 2. The lowest BCUT2D eigenvalue weighted by atomic mass is 9.98. The van der Waals surface area contributed by atoms with Gasteiger partial charge in [0.25, 0.3) is 11.8 Å². The minimum atomic E-state index is -0.317. The Labute approximate surface area is 751 Å². The van der Waals surface area contributed by atoms with Gasteiger partial charge in [-0.15, -0.1) is 0 Å². The minimum Gasteiger partial charge on any atom is -0.476 e. The average Bonchev–Trinajstić information content (AvgIpc) is 1.61. The molecule has 5 aromatic carbocycles. The summed E-state index contributed by atoms with van der Waals surface area (Å²) >= 11 is 25.2. The van der Waals surface area contributed by atoms with Crippen LogP contribution in [-0.4, -0.2) is 177 Å². The smallest absolute Gasteiger partial charge is 0.321 e. The molecule has 0 radical (unpaired) electrons. The van der Waals surface area contributed by atoms with Crippen LogP contribution in [0, 0.1) is 5.92 Å². The molecule has 13 aromatic rings. The third-order valence-corrected chi connectivity index (χ3v) is 22.2. The third kappa shape index (κ3) is 26.2. The van der Waals surface area contributed by atoms with E-state index in [0.29, 0.717) is 154 Å². The second kappa shape index (κ2) is 44.8. The summed E-state index contributed by atoms with van der Waals surface area (Å²) in [5, 5.41) is 17.4. The van der Waals surface area contributed by atoms with E-state index in [4.69, 9.17) is 88.3 Å². The number of fused-ring (bicyclic) bond motifs is 4. The second-order valence-electron chi connectivity index (χ2n) is 31.1. The fourth-order valence-electron chi connectivity index (χ4n) is 13.9. The van der Waals surface area contributed by atoms with Gasteiger partial charge in [-0.25, -0.2) is 44.7 Å². The molecular formula is C94H101Cl4N19O9. The summed E-state index contributed by atoms with van der Waals surface area (Å²) in [6.45, 7) is 12.1. The van der Waals surface area contributed by atoms with E-state index < -0.39 is 0 Å². The lowest BCUT2D eigenvalue weighted by molar-refractivity contribution is 0.0942. The number of benzene rings is 5. The molecule has 0 aliphatic carbocycles. The monoisotopic (exact) mass is 1780 g/mol. The first kappa shape index (κ1) is 92.5. The van der Waals surface area contributed by atoms with Gasteiger partial charge in [-0.2, -0.15) is 0 Å². The zero-order valence-electron chi connectivity index (χ0n) is 70.9.